The molecule has 5 heteroatoms. The second-order valence-corrected chi connectivity index (χ2v) is 4.18. The third-order valence-electron chi connectivity index (χ3n) is 2.90. The molecule has 0 radical (unpaired) electrons. The number of aromatic nitrogens is 1. The molecule has 2 heterocycles. The highest BCUT2D eigenvalue weighted by Crippen LogP contribution is 2.08. The summed E-state index contributed by atoms with van der Waals surface area (Å²) < 4.78 is 4.87. The van der Waals surface area contributed by atoms with Crippen molar-refractivity contribution >= 4 is 5.91 Å². The van der Waals surface area contributed by atoms with Crippen LogP contribution >= 0.6 is 0 Å². The summed E-state index contributed by atoms with van der Waals surface area (Å²) in [7, 11) is 0. The van der Waals surface area contributed by atoms with Crippen LogP contribution in [0.25, 0.3) is 0 Å². The van der Waals surface area contributed by atoms with Gasteiger partial charge in [-0.25, -0.2) is 0 Å². The van der Waals surface area contributed by atoms with Crippen molar-refractivity contribution in [1.82, 2.24) is 15.8 Å². The van der Waals surface area contributed by atoms with Gasteiger partial charge in [-0.15, -0.1) is 0 Å². The van der Waals surface area contributed by atoms with Crippen LogP contribution in [0.15, 0.2) is 10.7 Å². The molecule has 1 aliphatic heterocycles. The molecule has 88 valence electrons. The van der Waals surface area contributed by atoms with E-state index in [2.05, 4.69) is 15.8 Å². The van der Waals surface area contributed by atoms with E-state index in [1.807, 2.05) is 6.92 Å². The number of nitrogens with one attached hydrogen (secondary N) is 2. The SMILES string of the molecule is Cc1cnoc1C(=O)NCCC1CCCN1. The summed E-state index contributed by atoms with van der Waals surface area (Å²) in [6.45, 7) is 3.58. The monoisotopic (exact) mass is 223 g/mol. The van der Waals surface area contributed by atoms with Crippen molar-refractivity contribution in [2.45, 2.75) is 32.2 Å². The summed E-state index contributed by atoms with van der Waals surface area (Å²) in [6, 6.07) is 0.552. The molecule has 2 N–H and O–H groups in total. The lowest BCUT2D eigenvalue weighted by Crippen LogP contribution is -2.30. The fraction of sp³-hybridized carbons (Fsp3) is 0.636. The molecule has 1 fully saturated rings. The minimum Gasteiger partial charge on any atom is -0.351 e. The molecular formula is C11H17N3O2. The van der Waals surface area contributed by atoms with Gasteiger partial charge in [0.25, 0.3) is 5.91 Å². The van der Waals surface area contributed by atoms with Gasteiger partial charge in [0.1, 0.15) is 0 Å². The maximum absolute atomic E-state index is 11.6. The Kier molecular flexibility index (Phi) is 3.56. The van der Waals surface area contributed by atoms with E-state index in [-0.39, 0.29) is 5.91 Å². The molecule has 1 atom stereocenters. The molecule has 1 aliphatic rings. The normalized spacial score (nSPS) is 19.9. The van der Waals surface area contributed by atoms with Gasteiger partial charge in [0.05, 0.1) is 6.20 Å². The topological polar surface area (TPSA) is 67.2 Å². The van der Waals surface area contributed by atoms with Crippen LogP contribution in [-0.4, -0.2) is 30.2 Å². The highest BCUT2D eigenvalue weighted by Gasteiger charge is 2.16. The smallest absolute Gasteiger partial charge is 0.290 e. The summed E-state index contributed by atoms with van der Waals surface area (Å²) in [6.07, 6.45) is 4.96. The van der Waals surface area contributed by atoms with Gasteiger partial charge < -0.3 is 15.2 Å². The predicted molar refractivity (Wildman–Crippen MR) is 59.2 cm³/mol. The fourth-order valence-electron chi connectivity index (χ4n) is 1.95. The third-order valence-corrected chi connectivity index (χ3v) is 2.90. The highest BCUT2D eigenvalue weighted by molar-refractivity contribution is 5.92. The average Bonchev–Trinajstić information content (AvgIpc) is 2.88. The van der Waals surface area contributed by atoms with Crippen LogP contribution in [-0.2, 0) is 0 Å². The van der Waals surface area contributed by atoms with E-state index in [0.29, 0.717) is 18.3 Å². The summed E-state index contributed by atoms with van der Waals surface area (Å²) in [5.74, 6) is 0.146. The largest absolute Gasteiger partial charge is 0.351 e. The molecule has 5 nitrogen and oxygen atoms in total. The Hall–Kier alpha value is -1.36. The quantitative estimate of drug-likeness (QED) is 0.794. The molecule has 0 bridgehead atoms. The minimum absolute atomic E-state index is 0.173. The zero-order chi connectivity index (χ0) is 11.4. The Morgan fingerprint density at radius 1 is 1.75 bits per heavy atom. The lowest BCUT2D eigenvalue weighted by atomic mass is 10.1. The van der Waals surface area contributed by atoms with Gasteiger partial charge in [-0.05, 0) is 32.7 Å². The van der Waals surface area contributed by atoms with Crippen molar-refractivity contribution in [3.05, 3.63) is 17.5 Å². The van der Waals surface area contributed by atoms with Crippen LogP contribution in [0, 0.1) is 6.92 Å². The number of hydrogen-bond acceptors (Lipinski definition) is 4. The van der Waals surface area contributed by atoms with E-state index >= 15 is 0 Å². The maximum Gasteiger partial charge on any atom is 0.290 e. The van der Waals surface area contributed by atoms with E-state index in [9.17, 15) is 4.79 Å². The molecule has 0 aliphatic carbocycles. The number of rotatable bonds is 4. The lowest BCUT2D eigenvalue weighted by Gasteiger charge is -2.09. The first-order chi connectivity index (χ1) is 7.77. The van der Waals surface area contributed by atoms with Crippen LogP contribution in [0.3, 0.4) is 0 Å². The summed E-state index contributed by atoms with van der Waals surface area (Å²) >= 11 is 0. The molecule has 1 unspecified atom stereocenters. The first-order valence-corrected chi connectivity index (χ1v) is 5.70. The molecule has 0 aromatic carbocycles. The second kappa shape index (κ2) is 5.12. The van der Waals surface area contributed by atoms with Crippen molar-refractivity contribution in [2.24, 2.45) is 0 Å². The zero-order valence-electron chi connectivity index (χ0n) is 9.45. The molecule has 2 rings (SSSR count). The standard InChI is InChI=1S/C11H17N3O2/c1-8-7-14-16-10(8)11(15)13-6-4-9-3-2-5-12-9/h7,9,12H,2-6H2,1H3,(H,13,15). The van der Waals surface area contributed by atoms with E-state index in [4.69, 9.17) is 4.52 Å². The molecule has 0 spiro atoms. The Morgan fingerprint density at radius 3 is 3.25 bits per heavy atom. The van der Waals surface area contributed by atoms with Gasteiger partial charge in [-0.1, -0.05) is 5.16 Å². The van der Waals surface area contributed by atoms with Crippen molar-refractivity contribution in [3.63, 3.8) is 0 Å². The Balaban J connectivity index is 1.73. The van der Waals surface area contributed by atoms with Crippen molar-refractivity contribution in [1.29, 1.82) is 0 Å². The average molecular weight is 223 g/mol. The van der Waals surface area contributed by atoms with Crippen LogP contribution in [0.4, 0.5) is 0 Å². The molecule has 0 saturated carbocycles. The minimum atomic E-state index is -0.173. The van der Waals surface area contributed by atoms with E-state index < -0.39 is 0 Å². The first-order valence-electron chi connectivity index (χ1n) is 5.70. The third kappa shape index (κ3) is 2.61. The van der Waals surface area contributed by atoms with Gasteiger partial charge in [0, 0.05) is 18.2 Å². The Morgan fingerprint density at radius 2 is 2.62 bits per heavy atom. The van der Waals surface area contributed by atoms with Gasteiger partial charge in [-0.2, -0.15) is 0 Å². The lowest BCUT2D eigenvalue weighted by molar-refractivity contribution is 0.0914. The molecule has 1 saturated heterocycles. The number of hydrogen-bond donors (Lipinski definition) is 2. The van der Waals surface area contributed by atoms with Gasteiger partial charge in [0.2, 0.25) is 5.76 Å². The summed E-state index contributed by atoms with van der Waals surface area (Å²) in [4.78, 5) is 11.6. The van der Waals surface area contributed by atoms with Gasteiger partial charge >= 0.3 is 0 Å². The number of carbonyl (C=O) groups is 1. The van der Waals surface area contributed by atoms with E-state index in [1.54, 1.807) is 6.20 Å². The number of nitrogens with zero attached hydrogens (tertiary/aromatic N) is 1. The van der Waals surface area contributed by atoms with Gasteiger partial charge in [0.15, 0.2) is 0 Å². The van der Waals surface area contributed by atoms with Gasteiger partial charge in [-0.3, -0.25) is 4.79 Å². The van der Waals surface area contributed by atoms with Crippen molar-refractivity contribution in [3.8, 4) is 0 Å². The van der Waals surface area contributed by atoms with Crippen molar-refractivity contribution in [2.75, 3.05) is 13.1 Å². The molecule has 1 amide bonds. The number of carbonyl (C=O) groups excluding carboxylic acids is 1. The molecule has 1 aromatic rings. The van der Waals surface area contributed by atoms with Crippen LogP contribution in [0.5, 0.6) is 0 Å². The molecular weight excluding hydrogens is 206 g/mol. The molecule has 1 aromatic heterocycles. The first kappa shape index (κ1) is 11.1. The number of amides is 1. The highest BCUT2D eigenvalue weighted by atomic mass is 16.5. The molecule has 16 heavy (non-hydrogen) atoms. The maximum atomic E-state index is 11.6. The van der Waals surface area contributed by atoms with Crippen LogP contribution in [0.1, 0.15) is 35.4 Å². The predicted octanol–water partition coefficient (Wildman–Crippen LogP) is 0.855. The van der Waals surface area contributed by atoms with E-state index in [0.717, 1.165) is 18.5 Å². The zero-order valence-corrected chi connectivity index (χ0v) is 9.45. The summed E-state index contributed by atoms with van der Waals surface area (Å²) in [5.41, 5.74) is 0.775. The Labute approximate surface area is 94.6 Å². The summed E-state index contributed by atoms with van der Waals surface area (Å²) in [5, 5.41) is 9.81. The fourth-order valence-corrected chi connectivity index (χ4v) is 1.95. The van der Waals surface area contributed by atoms with Crippen LogP contribution < -0.4 is 10.6 Å². The second-order valence-electron chi connectivity index (χ2n) is 4.18. The van der Waals surface area contributed by atoms with Crippen molar-refractivity contribution < 1.29 is 9.32 Å². The van der Waals surface area contributed by atoms with Crippen LogP contribution in [0.2, 0.25) is 0 Å². The Bertz CT molecular complexity index is 356. The van der Waals surface area contributed by atoms with E-state index in [1.165, 1.54) is 12.8 Å². The number of aryl methyl sites for hydroxylation is 1.